The highest BCUT2D eigenvalue weighted by atomic mass is 16.5. The maximum atomic E-state index is 9.10. The van der Waals surface area contributed by atoms with Crippen molar-refractivity contribution in [2.75, 3.05) is 26.3 Å². The predicted molar refractivity (Wildman–Crippen MR) is 67.0 cm³/mol. The summed E-state index contributed by atoms with van der Waals surface area (Å²) in [6.45, 7) is 2.66. The van der Waals surface area contributed by atoms with Gasteiger partial charge in [-0.15, -0.1) is 0 Å². The molecule has 0 amide bonds. The van der Waals surface area contributed by atoms with E-state index in [0.29, 0.717) is 32.0 Å². The molecular formula is C14H13N3O. The molecule has 0 spiro atoms. The first-order chi connectivity index (χ1) is 8.86. The first-order valence-corrected chi connectivity index (χ1v) is 5.79. The fourth-order valence-corrected chi connectivity index (χ4v) is 2.00. The van der Waals surface area contributed by atoms with Gasteiger partial charge in [0.1, 0.15) is 12.1 Å². The quantitative estimate of drug-likeness (QED) is 0.738. The third kappa shape index (κ3) is 2.51. The molecule has 1 aromatic carbocycles. The first-order valence-electron chi connectivity index (χ1n) is 5.79. The summed E-state index contributed by atoms with van der Waals surface area (Å²) < 4.78 is 5.30. The molecular weight excluding hydrogens is 226 g/mol. The van der Waals surface area contributed by atoms with Crippen LogP contribution in [-0.2, 0) is 4.74 Å². The van der Waals surface area contributed by atoms with Crippen molar-refractivity contribution in [1.82, 2.24) is 4.90 Å². The molecule has 1 fully saturated rings. The molecule has 1 aliphatic heterocycles. The van der Waals surface area contributed by atoms with Crippen LogP contribution in [0.4, 0.5) is 0 Å². The highest BCUT2D eigenvalue weighted by Crippen LogP contribution is 2.23. The van der Waals surface area contributed by atoms with Crippen LogP contribution < -0.4 is 0 Å². The molecule has 0 unspecified atom stereocenters. The van der Waals surface area contributed by atoms with Crippen LogP contribution in [0, 0.1) is 22.7 Å². The predicted octanol–water partition coefficient (Wildman–Crippen LogP) is 1.78. The molecule has 2 rings (SSSR count). The summed E-state index contributed by atoms with van der Waals surface area (Å²) in [4.78, 5) is 2.04. The second-order valence-electron chi connectivity index (χ2n) is 3.91. The first kappa shape index (κ1) is 12.2. The van der Waals surface area contributed by atoms with Gasteiger partial charge in [-0.25, -0.2) is 0 Å². The molecule has 90 valence electrons. The fraction of sp³-hybridized carbons (Fsp3) is 0.286. The number of nitrogens with zero attached hydrogens (tertiary/aromatic N) is 3. The van der Waals surface area contributed by atoms with E-state index in [4.69, 9.17) is 15.3 Å². The van der Waals surface area contributed by atoms with Crippen LogP contribution in [0.5, 0.6) is 0 Å². The lowest BCUT2D eigenvalue weighted by molar-refractivity contribution is 0.0638. The molecule has 0 saturated carbocycles. The number of hydrogen-bond acceptors (Lipinski definition) is 4. The van der Waals surface area contributed by atoms with Crippen molar-refractivity contribution in [3.05, 3.63) is 41.5 Å². The Morgan fingerprint density at radius 1 is 1.06 bits per heavy atom. The third-order valence-electron chi connectivity index (χ3n) is 2.83. The molecule has 0 aliphatic carbocycles. The molecule has 1 saturated heterocycles. The smallest absolute Gasteiger partial charge is 0.153 e. The zero-order valence-electron chi connectivity index (χ0n) is 9.97. The standard InChI is InChI=1S/C14H13N3O/c15-10-13(11-16)14(12-4-2-1-3-5-12)17-6-8-18-9-7-17/h1-5H,6-9H2. The summed E-state index contributed by atoms with van der Waals surface area (Å²) >= 11 is 0. The van der Waals surface area contributed by atoms with Crippen molar-refractivity contribution in [2.45, 2.75) is 0 Å². The second-order valence-corrected chi connectivity index (χ2v) is 3.91. The van der Waals surface area contributed by atoms with E-state index in [2.05, 4.69) is 0 Å². The zero-order valence-corrected chi connectivity index (χ0v) is 9.97. The lowest BCUT2D eigenvalue weighted by Crippen LogP contribution is -2.35. The van der Waals surface area contributed by atoms with Gasteiger partial charge in [-0.2, -0.15) is 10.5 Å². The Morgan fingerprint density at radius 2 is 1.67 bits per heavy atom. The van der Waals surface area contributed by atoms with Gasteiger partial charge in [0.25, 0.3) is 0 Å². The lowest BCUT2D eigenvalue weighted by atomic mass is 10.1. The average Bonchev–Trinajstić information content (AvgIpc) is 2.46. The van der Waals surface area contributed by atoms with E-state index in [0.717, 1.165) is 5.56 Å². The van der Waals surface area contributed by atoms with Crippen LogP contribution in [0.15, 0.2) is 35.9 Å². The second kappa shape index (κ2) is 5.86. The van der Waals surface area contributed by atoms with Gasteiger partial charge in [0, 0.05) is 13.1 Å². The monoisotopic (exact) mass is 239 g/mol. The van der Waals surface area contributed by atoms with Crippen LogP contribution in [-0.4, -0.2) is 31.2 Å². The summed E-state index contributed by atoms with van der Waals surface area (Å²) in [6, 6.07) is 13.5. The van der Waals surface area contributed by atoms with Crippen molar-refractivity contribution < 1.29 is 4.74 Å². The molecule has 0 aromatic heterocycles. The van der Waals surface area contributed by atoms with Gasteiger partial charge in [0.05, 0.1) is 18.9 Å². The van der Waals surface area contributed by atoms with Crippen molar-refractivity contribution >= 4 is 5.70 Å². The molecule has 1 aliphatic rings. The van der Waals surface area contributed by atoms with Gasteiger partial charge in [-0.05, 0) is 5.56 Å². The number of morpholine rings is 1. The minimum absolute atomic E-state index is 0.156. The Kier molecular flexibility index (Phi) is 3.96. The van der Waals surface area contributed by atoms with Gasteiger partial charge >= 0.3 is 0 Å². The number of benzene rings is 1. The van der Waals surface area contributed by atoms with Crippen LogP contribution in [0.1, 0.15) is 5.56 Å². The third-order valence-corrected chi connectivity index (χ3v) is 2.83. The minimum atomic E-state index is 0.156. The lowest BCUT2D eigenvalue weighted by Gasteiger charge is -2.31. The normalized spacial score (nSPS) is 14.4. The van der Waals surface area contributed by atoms with Gasteiger partial charge in [-0.1, -0.05) is 30.3 Å². The van der Waals surface area contributed by atoms with Crippen molar-refractivity contribution in [3.8, 4) is 12.1 Å². The summed E-state index contributed by atoms with van der Waals surface area (Å²) in [7, 11) is 0. The Morgan fingerprint density at radius 3 is 2.22 bits per heavy atom. The van der Waals surface area contributed by atoms with Crippen LogP contribution >= 0.6 is 0 Å². The summed E-state index contributed by atoms with van der Waals surface area (Å²) in [5.74, 6) is 0. The molecule has 0 atom stereocenters. The summed E-state index contributed by atoms with van der Waals surface area (Å²) in [5, 5.41) is 18.2. The number of allylic oxidation sites excluding steroid dienone is 1. The SMILES string of the molecule is N#CC(C#N)=C(c1ccccc1)N1CCOCC1. The van der Waals surface area contributed by atoms with E-state index in [1.54, 1.807) is 0 Å². The van der Waals surface area contributed by atoms with Gasteiger partial charge < -0.3 is 9.64 Å². The van der Waals surface area contributed by atoms with E-state index < -0.39 is 0 Å². The van der Waals surface area contributed by atoms with E-state index >= 15 is 0 Å². The summed E-state index contributed by atoms with van der Waals surface area (Å²) in [5.41, 5.74) is 1.77. The average molecular weight is 239 g/mol. The Balaban J connectivity index is 2.45. The Labute approximate surface area is 106 Å². The molecule has 0 N–H and O–H groups in total. The van der Waals surface area contributed by atoms with E-state index in [9.17, 15) is 0 Å². The number of hydrogen-bond donors (Lipinski definition) is 0. The topological polar surface area (TPSA) is 60.0 Å². The minimum Gasteiger partial charge on any atom is -0.378 e. The number of rotatable bonds is 2. The summed E-state index contributed by atoms with van der Waals surface area (Å²) in [6.07, 6.45) is 0. The maximum absolute atomic E-state index is 9.10. The van der Waals surface area contributed by atoms with Crippen molar-refractivity contribution in [1.29, 1.82) is 10.5 Å². The Bertz CT molecular complexity index is 500. The highest BCUT2D eigenvalue weighted by Gasteiger charge is 2.19. The molecule has 0 radical (unpaired) electrons. The molecule has 18 heavy (non-hydrogen) atoms. The van der Waals surface area contributed by atoms with Crippen LogP contribution in [0.2, 0.25) is 0 Å². The molecule has 4 heteroatoms. The molecule has 1 heterocycles. The number of ether oxygens (including phenoxy) is 1. The molecule has 0 bridgehead atoms. The Hall–Kier alpha value is -2.30. The van der Waals surface area contributed by atoms with Crippen LogP contribution in [0.25, 0.3) is 5.70 Å². The zero-order chi connectivity index (χ0) is 12.8. The largest absolute Gasteiger partial charge is 0.378 e. The number of nitriles is 2. The van der Waals surface area contributed by atoms with Crippen molar-refractivity contribution in [3.63, 3.8) is 0 Å². The van der Waals surface area contributed by atoms with Crippen molar-refractivity contribution in [2.24, 2.45) is 0 Å². The van der Waals surface area contributed by atoms with E-state index in [-0.39, 0.29) is 5.57 Å². The molecule has 1 aromatic rings. The molecule has 4 nitrogen and oxygen atoms in total. The van der Waals surface area contributed by atoms with E-state index in [1.807, 2.05) is 47.4 Å². The van der Waals surface area contributed by atoms with Gasteiger partial charge in [0.2, 0.25) is 0 Å². The maximum Gasteiger partial charge on any atom is 0.153 e. The van der Waals surface area contributed by atoms with Crippen LogP contribution in [0.3, 0.4) is 0 Å². The van der Waals surface area contributed by atoms with Gasteiger partial charge in [0.15, 0.2) is 5.57 Å². The highest BCUT2D eigenvalue weighted by molar-refractivity contribution is 5.74. The van der Waals surface area contributed by atoms with Gasteiger partial charge in [-0.3, -0.25) is 0 Å². The fourth-order valence-electron chi connectivity index (χ4n) is 2.00. The van der Waals surface area contributed by atoms with E-state index in [1.165, 1.54) is 0 Å².